The molecule has 0 radical (unpaired) electrons. The third-order valence-corrected chi connectivity index (χ3v) is 5.76. The molecule has 1 amide bonds. The van der Waals surface area contributed by atoms with Crippen LogP contribution in [0.4, 0.5) is 10.1 Å². The van der Waals surface area contributed by atoms with Crippen molar-refractivity contribution in [2.75, 3.05) is 11.8 Å². The summed E-state index contributed by atoms with van der Waals surface area (Å²) in [6, 6.07) is 12.9. The van der Waals surface area contributed by atoms with Gasteiger partial charge in [-0.15, -0.1) is 0 Å². The first-order valence-electron chi connectivity index (χ1n) is 8.85. The summed E-state index contributed by atoms with van der Waals surface area (Å²) in [5.74, 6) is 0.594. The highest BCUT2D eigenvalue weighted by molar-refractivity contribution is 7.92. The van der Waals surface area contributed by atoms with Gasteiger partial charge in [0.25, 0.3) is 15.9 Å². The van der Waals surface area contributed by atoms with Crippen molar-refractivity contribution < 1.29 is 22.0 Å². The number of rotatable bonds is 6. The highest BCUT2D eigenvalue weighted by Crippen LogP contribution is 2.21. The summed E-state index contributed by atoms with van der Waals surface area (Å²) in [5.41, 5.74) is 1.15. The van der Waals surface area contributed by atoms with Crippen molar-refractivity contribution in [1.82, 2.24) is 4.90 Å². The molecule has 0 spiro atoms. The molecule has 0 bridgehead atoms. The van der Waals surface area contributed by atoms with Gasteiger partial charge in [-0.1, -0.05) is 6.07 Å². The fourth-order valence-electron chi connectivity index (χ4n) is 2.81. The first-order chi connectivity index (χ1) is 13.7. The maximum Gasteiger partial charge on any atom is 0.261 e. The minimum atomic E-state index is -3.94. The molecular weight excluding hydrogens is 395 g/mol. The molecule has 1 heterocycles. The highest BCUT2D eigenvalue weighted by Gasteiger charge is 2.21. The lowest BCUT2D eigenvalue weighted by atomic mass is 10.1. The lowest BCUT2D eigenvalue weighted by Crippen LogP contribution is -2.27. The Morgan fingerprint density at radius 1 is 1.07 bits per heavy atom. The average Bonchev–Trinajstić information content (AvgIpc) is 3.07. The van der Waals surface area contributed by atoms with Gasteiger partial charge in [0, 0.05) is 18.3 Å². The van der Waals surface area contributed by atoms with Crippen molar-refractivity contribution in [3.8, 4) is 0 Å². The Morgan fingerprint density at radius 3 is 2.38 bits per heavy atom. The Morgan fingerprint density at radius 2 is 1.76 bits per heavy atom. The maximum absolute atomic E-state index is 13.0. The van der Waals surface area contributed by atoms with E-state index < -0.39 is 15.8 Å². The topological polar surface area (TPSA) is 79.6 Å². The maximum atomic E-state index is 13.0. The van der Waals surface area contributed by atoms with Gasteiger partial charge in [-0.2, -0.15) is 0 Å². The summed E-state index contributed by atoms with van der Waals surface area (Å²) >= 11 is 0. The molecule has 0 saturated carbocycles. The molecule has 0 aliphatic heterocycles. The molecule has 1 N–H and O–H groups in total. The van der Waals surface area contributed by atoms with E-state index in [0.717, 1.165) is 17.9 Å². The minimum absolute atomic E-state index is 0.0574. The monoisotopic (exact) mass is 416 g/mol. The van der Waals surface area contributed by atoms with Crippen LogP contribution in [-0.4, -0.2) is 26.3 Å². The standard InChI is InChI=1S/C21H21FN2O4S/c1-14-4-11-19(29(26,27)23-17-8-6-16(22)7-9-17)12-20(14)21(25)24(3)13-18-10-5-15(2)28-18/h4-12,23H,13H2,1-3H3. The van der Waals surface area contributed by atoms with Crippen LogP contribution in [0.25, 0.3) is 0 Å². The molecule has 0 saturated heterocycles. The number of nitrogens with one attached hydrogen (secondary N) is 1. The molecular formula is C21H21FN2O4S. The number of carbonyl (C=O) groups is 1. The zero-order chi connectivity index (χ0) is 21.2. The van der Waals surface area contributed by atoms with Crippen LogP contribution in [-0.2, 0) is 16.6 Å². The van der Waals surface area contributed by atoms with Crippen molar-refractivity contribution in [2.45, 2.75) is 25.3 Å². The summed E-state index contributed by atoms with van der Waals surface area (Å²) in [7, 11) is -2.32. The summed E-state index contributed by atoms with van der Waals surface area (Å²) in [6.45, 7) is 3.82. The van der Waals surface area contributed by atoms with E-state index in [1.165, 1.54) is 29.2 Å². The first kappa shape index (κ1) is 20.6. The Kier molecular flexibility index (Phi) is 5.74. The molecule has 0 unspecified atom stereocenters. The largest absolute Gasteiger partial charge is 0.464 e. The summed E-state index contributed by atoms with van der Waals surface area (Å²) in [4.78, 5) is 14.3. The van der Waals surface area contributed by atoms with Crippen LogP contribution in [0.2, 0.25) is 0 Å². The number of halogens is 1. The van der Waals surface area contributed by atoms with E-state index in [1.807, 2.05) is 13.0 Å². The van der Waals surface area contributed by atoms with Gasteiger partial charge in [-0.05, 0) is 67.9 Å². The quantitative estimate of drug-likeness (QED) is 0.656. The molecule has 1 aromatic heterocycles. The third-order valence-electron chi connectivity index (χ3n) is 4.38. The number of amides is 1. The van der Waals surface area contributed by atoms with Crippen molar-refractivity contribution in [3.63, 3.8) is 0 Å². The fourth-order valence-corrected chi connectivity index (χ4v) is 3.90. The SMILES string of the molecule is Cc1ccc(CN(C)C(=O)c2cc(S(=O)(=O)Nc3ccc(F)cc3)ccc2C)o1. The predicted molar refractivity (Wildman–Crippen MR) is 108 cm³/mol. The number of sulfonamides is 1. The Bertz CT molecular complexity index is 1140. The Labute approximate surface area is 169 Å². The molecule has 152 valence electrons. The number of hydrogen-bond acceptors (Lipinski definition) is 4. The number of furan rings is 1. The second-order valence-electron chi connectivity index (χ2n) is 6.76. The van der Waals surface area contributed by atoms with Crippen molar-refractivity contribution >= 4 is 21.6 Å². The van der Waals surface area contributed by atoms with Crippen LogP contribution in [0.5, 0.6) is 0 Å². The Hall–Kier alpha value is -3.13. The zero-order valence-corrected chi connectivity index (χ0v) is 17.1. The van der Waals surface area contributed by atoms with Gasteiger partial charge in [0.1, 0.15) is 17.3 Å². The van der Waals surface area contributed by atoms with Crippen LogP contribution in [0.1, 0.15) is 27.4 Å². The third kappa shape index (κ3) is 4.83. The molecule has 0 atom stereocenters. The van der Waals surface area contributed by atoms with Gasteiger partial charge in [-0.25, -0.2) is 12.8 Å². The van der Waals surface area contributed by atoms with Gasteiger partial charge in [-0.3, -0.25) is 9.52 Å². The molecule has 0 fully saturated rings. The zero-order valence-electron chi connectivity index (χ0n) is 16.3. The predicted octanol–water partition coefficient (Wildman–Crippen LogP) is 4.11. The first-order valence-corrected chi connectivity index (χ1v) is 10.3. The molecule has 29 heavy (non-hydrogen) atoms. The van der Waals surface area contributed by atoms with E-state index in [4.69, 9.17) is 4.42 Å². The van der Waals surface area contributed by atoms with Gasteiger partial charge < -0.3 is 9.32 Å². The highest BCUT2D eigenvalue weighted by atomic mass is 32.2. The van der Waals surface area contributed by atoms with Crippen LogP contribution < -0.4 is 4.72 Å². The lowest BCUT2D eigenvalue weighted by Gasteiger charge is -2.18. The number of anilines is 1. The van der Waals surface area contributed by atoms with E-state index in [9.17, 15) is 17.6 Å². The molecule has 3 aromatic rings. The number of aryl methyl sites for hydroxylation is 2. The second kappa shape index (κ2) is 8.08. The summed E-state index contributed by atoms with van der Waals surface area (Å²) < 4.78 is 46.3. The van der Waals surface area contributed by atoms with Crippen LogP contribution in [0.15, 0.2) is 63.9 Å². The van der Waals surface area contributed by atoms with Crippen molar-refractivity contribution in [3.05, 3.63) is 83.1 Å². The molecule has 8 heteroatoms. The van der Waals surface area contributed by atoms with Crippen molar-refractivity contribution in [1.29, 1.82) is 0 Å². The fraction of sp³-hybridized carbons (Fsp3) is 0.190. The smallest absolute Gasteiger partial charge is 0.261 e. The Balaban J connectivity index is 1.84. The summed E-state index contributed by atoms with van der Waals surface area (Å²) in [6.07, 6.45) is 0. The number of hydrogen-bond donors (Lipinski definition) is 1. The van der Waals surface area contributed by atoms with Gasteiger partial charge in [0.05, 0.1) is 11.4 Å². The number of benzene rings is 2. The molecule has 2 aromatic carbocycles. The van der Waals surface area contributed by atoms with Gasteiger partial charge in [0.15, 0.2) is 0 Å². The van der Waals surface area contributed by atoms with Crippen LogP contribution in [0.3, 0.4) is 0 Å². The van der Waals surface area contributed by atoms with Gasteiger partial charge >= 0.3 is 0 Å². The van der Waals surface area contributed by atoms with E-state index in [0.29, 0.717) is 11.3 Å². The van der Waals surface area contributed by atoms with Crippen LogP contribution >= 0.6 is 0 Å². The normalized spacial score (nSPS) is 11.3. The number of carbonyl (C=O) groups excluding carboxylic acids is 1. The molecule has 3 rings (SSSR count). The van der Waals surface area contributed by atoms with E-state index in [1.54, 1.807) is 26.1 Å². The molecule has 0 aliphatic rings. The number of nitrogens with zero attached hydrogens (tertiary/aromatic N) is 1. The van der Waals surface area contributed by atoms with E-state index in [2.05, 4.69) is 4.72 Å². The second-order valence-corrected chi connectivity index (χ2v) is 8.45. The van der Waals surface area contributed by atoms with E-state index >= 15 is 0 Å². The van der Waals surface area contributed by atoms with Gasteiger partial charge in [0.2, 0.25) is 0 Å². The van der Waals surface area contributed by atoms with Crippen molar-refractivity contribution in [2.24, 2.45) is 0 Å². The molecule has 0 aliphatic carbocycles. The minimum Gasteiger partial charge on any atom is -0.464 e. The van der Waals surface area contributed by atoms with E-state index in [-0.39, 0.29) is 28.6 Å². The summed E-state index contributed by atoms with van der Waals surface area (Å²) in [5, 5.41) is 0. The molecule has 6 nitrogen and oxygen atoms in total. The lowest BCUT2D eigenvalue weighted by molar-refractivity contribution is 0.0774. The average molecular weight is 416 g/mol. The van der Waals surface area contributed by atoms with Crippen LogP contribution in [0, 0.1) is 19.7 Å².